The van der Waals surface area contributed by atoms with Crippen LogP contribution in [0.25, 0.3) is 11.1 Å². The Morgan fingerprint density at radius 1 is 1.02 bits per heavy atom. The molecule has 46 heavy (non-hydrogen) atoms. The number of aliphatic hydroxyl groups is 1. The van der Waals surface area contributed by atoms with Gasteiger partial charge in [-0.2, -0.15) is 5.26 Å². The number of pyridine rings is 1. The summed E-state index contributed by atoms with van der Waals surface area (Å²) in [6, 6.07) is 17.0. The maximum absolute atomic E-state index is 15.6. The highest BCUT2D eigenvalue weighted by Gasteiger charge is 2.30. The Labute approximate surface area is 271 Å². The molecular formula is C36H33ClFN3O5. The molecule has 1 aliphatic carbocycles. The van der Waals surface area contributed by atoms with E-state index >= 15 is 4.39 Å². The van der Waals surface area contributed by atoms with Crippen molar-refractivity contribution in [2.45, 2.75) is 51.0 Å². The van der Waals surface area contributed by atoms with E-state index in [4.69, 9.17) is 30.5 Å². The second-order valence-corrected chi connectivity index (χ2v) is 12.3. The van der Waals surface area contributed by atoms with Crippen molar-refractivity contribution in [3.8, 4) is 40.2 Å². The van der Waals surface area contributed by atoms with Crippen molar-refractivity contribution in [2.24, 2.45) is 0 Å². The zero-order chi connectivity index (χ0) is 31.6. The lowest BCUT2D eigenvalue weighted by Crippen LogP contribution is -2.35. The fraction of sp³-hybridized carbons (Fsp3) is 0.333. The number of hydrogen-bond acceptors (Lipinski definition) is 8. The average Bonchev–Trinajstić information content (AvgIpc) is 3.49. The van der Waals surface area contributed by atoms with Crippen molar-refractivity contribution in [1.82, 2.24) is 9.88 Å². The topological polar surface area (TPSA) is 97.1 Å². The fourth-order valence-corrected chi connectivity index (χ4v) is 6.70. The Bertz CT molecular complexity index is 1800. The largest absolute Gasteiger partial charge is 0.488 e. The molecule has 1 fully saturated rings. The van der Waals surface area contributed by atoms with E-state index in [9.17, 15) is 10.4 Å². The van der Waals surface area contributed by atoms with Gasteiger partial charge in [-0.3, -0.25) is 9.88 Å². The predicted octanol–water partition coefficient (Wildman–Crippen LogP) is 6.79. The van der Waals surface area contributed by atoms with Gasteiger partial charge in [0.1, 0.15) is 43.5 Å². The number of ether oxygens (including phenoxy) is 4. The lowest BCUT2D eigenvalue weighted by Gasteiger charge is -2.30. The van der Waals surface area contributed by atoms with E-state index in [1.54, 1.807) is 24.4 Å². The molecule has 2 aliphatic heterocycles. The van der Waals surface area contributed by atoms with E-state index in [0.29, 0.717) is 66.0 Å². The minimum Gasteiger partial charge on any atom is -0.488 e. The molecule has 7 rings (SSSR count). The van der Waals surface area contributed by atoms with Crippen LogP contribution >= 0.6 is 11.6 Å². The first-order valence-electron chi connectivity index (χ1n) is 15.5. The highest BCUT2D eigenvalue weighted by atomic mass is 35.5. The number of fused-ring (bicyclic) bond motifs is 2. The van der Waals surface area contributed by atoms with Crippen LogP contribution in [0.4, 0.5) is 4.39 Å². The average molecular weight is 642 g/mol. The number of benzene rings is 3. The summed E-state index contributed by atoms with van der Waals surface area (Å²) in [7, 11) is 0. The second kappa shape index (κ2) is 13.2. The Balaban J connectivity index is 1.16. The number of nitriles is 1. The Morgan fingerprint density at radius 2 is 1.87 bits per heavy atom. The van der Waals surface area contributed by atoms with Crippen LogP contribution in [-0.4, -0.2) is 47.4 Å². The number of rotatable bonds is 8. The molecule has 0 amide bonds. The molecule has 3 aliphatic rings. The molecule has 236 valence electrons. The number of hydrogen-bond donors (Lipinski definition) is 1. The number of aliphatic hydroxyl groups excluding tert-OH is 1. The van der Waals surface area contributed by atoms with E-state index in [-0.39, 0.29) is 24.6 Å². The van der Waals surface area contributed by atoms with Gasteiger partial charge in [-0.15, -0.1) is 0 Å². The molecule has 8 nitrogen and oxygen atoms in total. The molecule has 10 heteroatoms. The molecule has 1 aromatic heterocycles. The van der Waals surface area contributed by atoms with Gasteiger partial charge in [-0.25, -0.2) is 4.39 Å². The van der Waals surface area contributed by atoms with E-state index in [0.717, 1.165) is 53.7 Å². The monoisotopic (exact) mass is 641 g/mol. The Kier molecular flexibility index (Phi) is 8.67. The van der Waals surface area contributed by atoms with Gasteiger partial charge in [-0.05, 0) is 66.6 Å². The maximum Gasteiger partial charge on any atom is 0.197 e. The van der Waals surface area contributed by atoms with Gasteiger partial charge < -0.3 is 24.1 Å². The van der Waals surface area contributed by atoms with Gasteiger partial charge in [0.25, 0.3) is 0 Å². The number of nitrogens with zero attached hydrogens (tertiary/aromatic N) is 3. The van der Waals surface area contributed by atoms with Crippen molar-refractivity contribution in [1.29, 1.82) is 5.26 Å². The number of halogens is 2. The van der Waals surface area contributed by atoms with E-state index in [2.05, 4.69) is 16.0 Å². The normalized spacial score (nSPS) is 17.7. The summed E-state index contributed by atoms with van der Waals surface area (Å²) < 4.78 is 39.7. The quantitative estimate of drug-likeness (QED) is 0.225. The summed E-state index contributed by atoms with van der Waals surface area (Å²) in [5.74, 6) is 1.27. The molecule has 0 unspecified atom stereocenters. The summed E-state index contributed by atoms with van der Waals surface area (Å²) in [5.41, 5.74) is 5.44. The highest BCUT2D eigenvalue weighted by molar-refractivity contribution is 6.32. The summed E-state index contributed by atoms with van der Waals surface area (Å²) in [4.78, 5) is 6.42. The highest BCUT2D eigenvalue weighted by Crippen LogP contribution is 2.45. The summed E-state index contributed by atoms with van der Waals surface area (Å²) in [5, 5.41) is 19.7. The van der Waals surface area contributed by atoms with Crippen LogP contribution in [0.2, 0.25) is 5.02 Å². The van der Waals surface area contributed by atoms with E-state index in [1.807, 2.05) is 30.3 Å². The van der Waals surface area contributed by atoms with Gasteiger partial charge in [-0.1, -0.05) is 29.8 Å². The summed E-state index contributed by atoms with van der Waals surface area (Å²) in [6.45, 7) is 3.08. The van der Waals surface area contributed by atoms with Gasteiger partial charge in [0.2, 0.25) is 0 Å². The fourth-order valence-electron chi connectivity index (χ4n) is 6.47. The first-order valence-corrected chi connectivity index (χ1v) is 15.9. The van der Waals surface area contributed by atoms with Crippen molar-refractivity contribution in [3.63, 3.8) is 0 Å². The first kappa shape index (κ1) is 30.3. The molecule has 1 N–H and O–H groups in total. The minimum absolute atomic E-state index is 0.155. The third-order valence-corrected chi connectivity index (χ3v) is 9.10. The molecular weight excluding hydrogens is 609 g/mol. The third-order valence-electron chi connectivity index (χ3n) is 8.81. The number of aromatic nitrogens is 1. The minimum atomic E-state index is -0.422. The zero-order valence-electron chi connectivity index (χ0n) is 25.2. The van der Waals surface area contributed by atoms with Crippen LogP contribution in [0, 0.1) is 17.1 Å². The second-order valence-electron chi connectivity index (χ2n) is 11.8. The number of likely N-dealkylation sites (tertiary alicyclic amines) is 1. The van der Waals surface area contributed by atoms with Crippen molar-refractivity contribution >= 4 is 11.6 Å². The molecule has 0 radical (unpaired) electrons. The SMILES string of the molecule is N#Cc1cncc(COc2cc(O[C@H]3CCc4c(-c5ccc6c(c5F)OCCO6)cccc43)c(Cl)cc2CN2CCC(O)CC2)c1. The maximum atomic E-state index is 15.6. The lowest BCUT2D eigenvalue weighted by molar-refractivity contribution is 0.0787. The van der Waals surface area contributed by atoms with Crippen LogP contribution in [0.5, 0.6) is 23.0 Å². The van der Waals surface area contributed by atoms with Crippen LogP contribution in [-0.2, 0) is 19.6 Å². The van der Waals surface area contributed by atoms with E-state index in [1.165, 1.54) is 6.20 Å². The molecule has 0 spiro atoms. The van der Waals surface area contributed by atoms with Crippen molar-refractivity contribution in [2.75, 3.05) is 26.3 Å². The summed E-state index contributed by atoms with van der Waals surface area (Å²) in [6.07, 6.45) is 5.49. The molecule has 3 aromatic carbocycles. The number of piperidine rings is 1. The van der Waals surface area contributed by atoms with Crippen molar-refractivity contribution in [3.05, 3.63) is 99.6 Å². The third kappa shape index (κ3) is 6.21. The standard InChI is InChI=1S/C36H33ClFN3O5/c37-30-15-24(20-41-10-8-25(42)9-11-41)33(45-21-23-14-22(17-39)18-40-19-23)16-34(30)46-31-6-4-27-26(2-1-3-28(27)31)29-5-7-32-36(35(29)38)44-13-12-43-32/h1-3,5,7,14-16,18-19,25,31,42H,4,6,8-13,20-21H2/t31-/m0/s1. The van der Waals surface area contributed by atoms with Crippen molar-refractivity contribution < 1.29 is 28.4 Å². The van der Waals surface area contributed by atoms with Gasteiger partial charge in [0.15, 0.2) is 17.3 Å². The van der Waals surface area contributed by atoms with Crippen LogP contribution in [0.15, 0.2) is 60.9 Å². The first-order chi connectivity index (χ1) is 22.5. The summed E-state index contributed by atoms with van der Waals surface area (Å²) >= 11 is 6.86. The molecule has 4 aromatic rings. The molecule has 1 saturated heterocycles. The molecule has 1 atom stereocenters. The zero-order valence-corrected chi connectivity index (χ0v) is 25.9. The van der Waals surface area contributed by atoms with Crippen LogP contribution < -0.4 is 18.9 Å². The van der Waals surface area contributed by atoms with Gasteiger partial charge >= 0.3 is 0 Å². The predicted molar refractivity (Wildman–Crippen MR) is 170 cm³/mol. The molecule has 0 saturated carbocycles. The van der Waals surface area contributed by atoms with Gasteiger partial charge in [0.05, 0.1) is 16.7 Å². The molecule has 0 bridgehead atoms. The Hall–Kier alpha value is -4.36. The van der Waals surface area contributed by atoms with E-state index < -0.39 is 5.82 Å². The van der Waals surface area contributed by atoms with Gasteiger partial charge in [0, 0.05) is 54.8 Å². The lowest BCUT2D eigenvalue weighted by atomic mass is 9.96. The van der Waals surface area contributed by atoms with Crippen LogP contribution in [0.1, 0.15) is 53.2 Å². The Morgan fingerprint density at radius 3 is 2.72 bits per heavy atom. The smallest absolute Gasteiger partial charge is 0.197 e. The van der Waals surface area contributed by atoms with Crippen LogP contribution in [0.3, 0.4) is 0 Å². The molecule has 3 heterocycles.